The maximum Gasteiger partial charge on any atom is 0.274 e. The second-order valence-corrected chi connectivity index (χ2v) is 8.77. The van der Waals surface area contributed by atoms with Crippen LogP contribution in [0.5, 0.6) is 0 Å². The summed E-state index contributed by atoms with van der Waals surface area (Å²) in [5, 5.41) is 0. The lowest BCUT2D eigenvalue weighted by atomic mass is 9.98. The molecule has 0 spiro atoms. The normalized spacial score (nSPS) is 16.8. The first-order valence-corrected chi connectivity index (χ1v) is 10.9. The Morgan fingerprint density at radius 1 is 1.21 bits per heavy atom. The number of benzene rings is 1. The van der Waals surface area contributed by atoms with E-state index in [2.05, 4.69) is 41.8 Å². The molecule has 5 heteroatoms. The fourth-order valence-corrected chi connectivity index (χ4v) is 4.15. The topological polar surface area (TPSA) is 37.7 Å². The summed E-state index contributed by atoms with van der Waals surface area (Å²) in [6.07, 6.45) is 5.57. The molecule has 1 fully saturated rings. The molecular weight excluding hydrogens is 362 g/mol. The Bertz CT molecular complexity index is 901. The third-order valence-electron chi connectivity index (χ3n) is 6.04. The summed E-state index contributed by atoms with van der Waals surface area (Å²) in [6, 6.07) is 10.7. The van der Waals surface area contributed by atoms with E-state index in [4.69, 9.17) is 4.74 Å². The van der Waals surface area contributed by atoms with Crippen molar-refractivity contribution < 1.29 is 4.74 Å². The van der Waals surface area contributed by atoms with Crippen LogP contribution < -0.4 is 10.5 Å². The number of ether oxygens (including phenoxy) is 1. The first-order valence-electron chi connectivity index (χ1n) is 10.9. The van der Waals surface area contributed by atoms with Gasteiger partial charge in [0.05, 0.1) is 6.61 Å². The van der Waals surface area contributed by atoms with Crippen LogP contribution in [0.3, 0.4) is 0 Å². The van der Waals surface area contributed by atoms with Gasteiger partial charge in [-0.15, -0.1) is 0 Å². The summed E-state index contributed by atoms with van der Waals surface area (Å²) < 4.78 is 7.48. The van der Waals surface area contributed by atoms with Crippen molar-refractivity contribution in [3.8, 4) is 0 Å². The average Bonchev–Trinajstić information content (AvgIpc) is 3.53. The van der Waals surface area contributed by atoms with Gasteiger partial charge < -0.3 is 14.2 Å². The minimum atomic E-state index is 0.0355. The zero-order valence-corrected chi connectivity index (χ0v) is 17.9. The number of aromatic nitrogens is 1. The van der Waals surface area contributed by atoms with E-state index in [0.29, 0.717) is 0 Å². The predicted molar refractivity (Wildman–Crippen MR) is 118 cm³/mol. The Labute approximate surface area is 173 Å². The SMILES string of the molecule is CC(C)N(c1ccc2c(c1)CN(CCOCC1CC1)CC2)c1cccn(C)c1=O. The van der Waals surface area contributed by atoms with Gasteiger partial charge in [0.15, 0.2) is 0 Å². The van der Waals surface area contributed by atoms with Gasteiger partial charge in [0.2, 0.25) is 0 Å². The summed E-state index contributed by atoms with van der Waals surface area (Å²) in [6.45, 7) is 9.06. The van der Waals surface area contributed by atoms with Crippen LogP contribution in [0, 0.1) is 5.92 Å². The lowest BCUT2D eigenvalue weighted by Crippen LogP contribution is -2.35. The summed E-state index contributed by atoms with van der Waals surface area (Å²) in [4.78, 5) is 17.4. The molecule has 0 atom stereocenters. The molecule has 0 saturated heterocycles. The number of anilines is 2. The van der Waals surface area contributed by atoms with Gasteiger partial charge >= 0.3 is 0 Å². The molecule has 5 nitrogen and oxygen atoms in total. The van der Waals surface area contributed by atoms with Crippen LogP contribution in [0.1, 0.15) is 37.8 Å². The van der Waals surface area contributed by atoms with Crippen molar-refractivity contribution in [1.29, 1.82) is 0 Å². The van der Waals surface area contributed by atoms with Crippen molar-refractivity contribution in [2.75, 3.05) is 31.2 Å². The number of rotatable bonds is 8. The Kier molecular flexibility index (Phi) is 6.07. The van der Waals surface area contributed by atoms with Crippen LogP contribution >= 0.6 is 0 Å². The number of nitrogens with zero attached hydrogens (tertiary/aromatic N) is 3. The fourth-order valence-electron chi connectivity index (χ4n) is 4.15. The zero-order valence-electron chi connectivity index (χ0n) is 17.9. The van der Waals surface area contributed by atoms with Crippen molar-refractivity contribution in [2.45, 2.75) is 45.7 Å². The molecule has 2 aliphatic rings. The maximum atomic E-state index is 12.7. The molecule has 156 valence electrons. The van der Waals surface area contributed by atoms with Gasteiger partial charge in [-0.1, -0.05) is 6.07 Å². The fraction of sp³-hybridized carbons (Fsp3) is 0.542. The van der Waals surface area contributed by atoms with E-state index in [0.717, 1.165) is 56.6 Å². The molecule has 29 heavy (non-hydrogen) atoms. The van der Waals surface area contributed by atoms with Crippen molar-refractivity contribution in [1.82, 2.24) is 9.47 Å². The molecule has 2 aromatic rings. The average molecular weight is 396 g/mol. The first-order chi connectivity index (χ1) is 14.0. The van der Waals surface area contributed by atoms with Gasteiger partial charge in [-0.3, -0.25) is 9.69 Å². The van der Waals surface area contributed by atoms with Crippen molar-refractivity contribution in [3.63, 3.8) is 0 Å². The second-order valence-electron chi connectivity index (χ2n) is 8.77. The molecule has 0 radical (unpaired) electrons. The van der Waals surface area contributed by atoms with Crippen LogP contribution in [-0.4, -0.2) is 41.8 Å². The smallest absolute Gasteiger partial charge is 0.274 e. The van der Waals surface area contributed by atoms with Gasteiger partial charge in [0.25, 0.3) is 5.56 Å². The summed E-state index contributed by atoms with van der Waals surface area (Å²) >= 11 is 0. The third-order valence-corrected chi connectivity index (χ3v) is 6.04. The van der Waals surface area contributed by atoms with Gasteiger partial charge in [0, 0.05) is 51.2 Å². The van der Waals surface area contributed by atoms with Crippen LogP contribution in [0.25, 0.3) is 0 Å². The lowest BCUT2D eigenvalue weighted by Gasteiger charge is -2.32. The summed E-state index contributed by atoms with van der Waals surface area (Å²) in [5.74, 6) is 0.826. The van der Waals surface area contributed by atoms with E-state index in [1.165, 1.54) is 24.0 Å². The van der Waals surface area contributed by atoms with E-state index in [1.54, 1.807) is 17.8 Å². The molecule has 1 aliphatic carbocycles. The van der Waals surface area contributed by atoms with Crippen molar-refractivity contribution in [2.24, 2.45) is 13.0 Å². The minimum absolute atomic E-state index is 0.0355. The quantitative estimate of drug-likeness (QED) is 0.639. The number of hydrogen-bond acceptors (Lipinski definition) is 4. The highest BCUT2D eigenvalue weighted by molar-refractivity contribution is 5.64. The van der Waals surface area contributed by atoms with E-state index < -0.39 is 0 Å². The standard InChI is InChI=1S/C24H33N3O2/c1-18(2)27(23-5-4-11-25(3)24(23)28)22-9-8-20-10-12-26(16-21(20)15-22)13-14-29-17-19-6-7-19/h4-5,8-9,11,15,18-19H,6-7,10,12-14,16-17H2,1-3H3. The molecule has 4 rings (SSSR count). The Hall–Kier alpha value is -2.11. The van der Waals surface area contributed by atoms with Gasteiger partial charge in [-0.05, 0) is 74.4 Å². The predicted octanol–water partition coefficient (Wildman–Crippen LogP) is 3.72. The number of aryl methyl sites for hydroxylation is 1. The summed E-state index contributed by atoms with van der Waals surface area (Å²) in [5.41, 5.74) is 4.65. The monoisotopic (exact) mass is 395 g/mol. The second kappa shape index (κ2) is 8.72. The zero-order chi connectivity index (χ0) is 20.4. The number of hydrogen-bond donors (Lipinski definition) is 0. The molecule has 1 aliphatic heterocycles. The van der Waals surface area contributed by atoms with Crippen LogP contribution in [-0.2, 0) is 24.8 Å². The Morgan fingerprint density at radius 3 is 2.79 bits per heavy atom. The third kappa shape index (κ3) is 4.73. The first kappa shape index (κ1) is 20.2. The molecule has 0 amide bonds. The number of pyridine rings is 1. The molecule has 1 aromatic carbocycles. The minimum Gasteiger partial charge on any atom is -0.380 e. The van der Waals surface area contributed by atoms with Gasteiger partial charge in [-0.2, -0.15) is 0 Å². The van der Waals surface area contributed by atoms with Gasteiger partial charge in [0.1, 0.15) is 5.69 Å². The lowest BCUT2D eigenvalue weighted by molar-refractivity contribution is 0.0922. The highest BCUT2D eigenvalue weighted by Crippen LogP contribution is 2.30. The van der Waals surface area contributed by atoms with E-state index in [9.17, 15) is 4.79 Å². The molecule has 0 unspecified atom stereocenters. The molecule has 1 aromatic heterocycles. The maximum absolute atomic E-state index is 12.7. The van der Waals surface area contributed by atoms with Crippen LogP contribution in [0.15, 0.2) is 41.3 Å². The van der Waals surface area contributed by atoms with Gasteiger partial charge in [-0.25, -0.2) is 0 Å². The molecule has 1 saturated carbocycles. The summed E-state index contributed by atoms with van der Waals surface area (Å²) in [7, 11) is 1.81. The van der Waals surface area contributed by atoms with E-state index in [-0.39, 0.29) is 11.6 Å². The highest BCUT2D eigenvalue weighted by Gasteiger charge is 2.23. The van der Waals surface area contributed by atoms with E-state index >= 15 is 0 Å². The van der Waals surface area contributed by atoms with Crippen molar-refractivity contribution >= 4 is 11.4 Å². The molecule has 0 bridgehead atoms. The van der Waals surface area contributed by atoms with E-state index in [1.807, 2.05) is 12.1 Å². The molecule has 2 heterocycles. The van der Waals surface area contributed by atoms with Crippen LogP contribution in [0.2, 0.25) is 0 Å². The van der Waals surface area contributed by atoms with Crippen LogP contribution in [0.4, 0.5) is 11.4 Å². The Balaban J connectivity index is 1.50. The molecular formula is C24H33N3O2. The van der Waals surface area contributed by atoms with Crippen molar-refractivity contribution in [3.05, 3.63) is 58.0 Å². The Morgan fingerprint density at radius 2 is 2.03 bits per heavy atom. The number of fused-ring (bicyclic) bond motifs is 1. The molecule has 0 N–H and O–H groups in total. The highest BCUT2D eigenvalue weighted by atomic mass is 16.5. The largest absolute Gasteiger partial charge is 0.380 e.